The first kappa shape index (κ1) is 11.5. The summed E-state index contributed by atoms with van der Waals surface area (Å²) in [6, 6.07) is 5.14. The summed E-state index contributed by atoms with van der Waals surface area (Å²) in [5.74, 6) is 0.801. The number of halogens is 1. The van der Waals surface area contributed by atoms with Crippen molar-refractivity contribution >= 4 is 23.3 Å². The highest BCUT2D eigenvalue weighted by Gasteiger charge is 2.02. The summed E-state index contributed by atoms with van der Waals surface area (Å²) < 4.78 is 0. The topological polar surface area (TPSA) is 65.8 Å². The van der Waals surface area contributed by atoms with Crippen molar-refractivity contribution in [3.8, 4) is 6.07 Å². The zero-order chi connectivity index (χ0) is 11.1. The summed E-state index contributed by atoms with van der Waals surface area (Å²) in [6.07, 6.45) is 2.44. The van der Waals surface area contributed by atoms with E-state index in [-0.39, 0.29) is 5.91 Å². The molecule has 0 unspecified atom stereocenters. The lowest BCUT2D eigenvalue weighted by molar-refractivity contribution is -0.116. The Morgan fingerprint density at radius 3 is 2.93 bits per heavy atom. The first-order valence-corrected chi connectivity index (χ1v) is 5.01. The van der Waals surface area contributed by atoms with Crippen LogP contribution in [0, 0.1) is 11.3 Å². The van der Waals surface area contributed by atoms with E-state index in [1.165, 1.54) is 6.20 Å². The number of nitriles is 1. The Labute approximate surface area is 92.9 Å². The van der Waals surface area contributed by atoms with Crippen molar-refractivity contribution in [1.82, 2.24) is 4.98 Å². The maximum atomic E-state index is 11.3. The van der Waals surface area contributed by atoms with Crippen molar-refractivity contribution in [2.75, 3.05) is 11.2 Å². The van der Waals surface area contributed by atoms with Gasteiger partial charge in [-0.1, -0.05) is 0 Å². The van der Waals surface area contributed by atoms with Gasteiger partial charge in [0.2, 0.25) is 5.91 Å². The second-order valence-corrected chi connectivity index (χ2v) is 3.26. The van der Waals surface area contributed by atoms with E-state index in [1.807, 2.05) is 6.07 Å². The van der Waals surface area contributed by atoms with Gasteiger partial charge < -0.3 is 5.32 Å². The Kier molecular flexibility index (Phi) is 4.58. The Morgan fingerprint density at radius 1 is 1.60 bits per heavy atom. The summed E-state index contributed by atoms with van der Waals surface area (Å²) in [6.45, 7) is 0. The first-order valence-electron chi connectivity index (χ1n) is 4.48. The zero-order valence-corrected chi connectivity index (χ0v) is 8.79. The second kappa shape index (κ2) is 5.99. The number of nitrogens with one attached hydrogen (secondary N) is 1. The zero-order valence-electron chi connectivity index (χ0n) is 8.03. The van der Waals surface area contributed by atoms with E-state index in [1.54, 1.807) is 12.1 Å². The van der Waals surface area contributed by atoms with Gasteiger partial charge in [-0.25, -0.2) is 4.98 Å². The summed E-state index contributed by atoms with van der Waals surface area (Å²) in [5, 5.41) is 11.1. The van der Waals surface area contributed by atoms with E-state index in [4.69, 9.17) is 16.9 Å². The Balaban J connectivity index is 2.50. The lowest BCUT2D eigenvalue weighted by Crippen LogP contribution is -2.12. The Bertz CT molecular complexity index is 369. The smallest absolute Gasteiger partial charge is 0.225 e. The predicted octanol–water partition coefficient (Wildman–Crippen LogP) is 1.91. The molecule has 0 atom stereocenters. The van der Waals surface area contributed by atoms with E-state index >= 15 is 0 Å². The fourth-order valence-electron chi connectivity index (χ4n) is 0.967. The predicted molar refractivity (Wildman–Crippen MR) is 57.5 cm³/mol. The Hall–Kier alpha value is -1.60. The van der Waals surface area contributed by atoms with Crippen LogP contribution < -0.4 is 5.32 Å². The number of carbonyl (C=O) groups excluding carboxylic acids is 1. The minimum absolute atomic E-state index is 0.118. The number of aromatic nitrogens is 1. The molecule has 1 aromatic rings. The molecule has 15 heavy (non-hydrogen) atoms. The molecular weight excluding hydrogens is 214 g/mol. The van der Waals surface area contributed by atoms with Gasteiger partial charge in [0.05, 0.1) is 5.56 Å². The summed E-state index contributed by atoms with van der Waals surface area (Å²) in [4.78, 5) is 15.2. The number of anilines is 1. The molecule has 0 aromatic carbocycles. The molecule has 0 saturated heterocycles. The highest BCUT2D eigenvalue weighted by atomic mass is 35.5. The van der Waals surface area contributed by atoms with Crippen molar-refractivity contribution in [3.63, 3.8) is 0 Å². The number of amides is 1. The van der Waals surface area contributed by atoms with Crippen LogP contribution in [0.25, 0.3) is 0 Å². The van der Waals surface area contributed by atoms with E-state index < -0.39 is 0 Å². The van der Waals surface area contributed by atoms with Gasteiger partial charge >= 0.3 is 0 Å². The molecule has 4 nitrogen and oxygen atoms in total. The number of carbonyl (C=O) groups is 1. The van der Waals surface area contributed by atoms with Crippen LogP contribution in [0.15, 0.2) is 18.3 Å². The van der Waals surface area contributed by atoms with Crippen molar-refractivity contribution in [2.24, 2.45) is 0 Å². The molecular formula is C10H10ClN3O. The third kappa shape index (κ3) is 3.96. The third-order valence-electron chi connectivity index (χ3n) is 1.70. The standard InChI is InChI=1S/C10H10ClN3O/c11-5-1-2-10(15)14-9-4-3-8(6-12)7-13-9/h3-4,7H,1-2,5H2,(H,13,14,15). The van der Waals surface area contributed by atoms with Crippen LogP contribution in [0.1, 0.15) is 18.4 Å². The van der Waals surface area contributed by atoms with E-state index in [9.17, 15) is 4.79 Å². The van der Waals surface area contributed by atoms with E-state index in [2.05, 4.69) is 10.3 Å². The van der Waals surface area contributed by atoms with Gasteiger partial charge in [0.25, 0.3) is 0 Å². The van der Waals surface area contributed by atoms with E-state index in [0.717, 1.165) is 0 Å². The van der Waals surface area contributed by atoms with Crippen LogP contribution in [-0.2, 0) is 4.79 Å². The molecule has 78 valence electrons. The van der Waals surface area contributed by atoms with Crippen molar-refractivity contribution < 1.29 is 4.79 Å². The quantitative estimate of drug-likeness (QED) is 0.793. The normalized spacial score (nSPS) is 9.33. The summed E-state index contributed by atoms with van der Waals surface area (Å²) in [7, 11) is 0. The van der Waals surface area contributed by atoms with Gasteiger partial charge in [0.15, 0.2) is 0 Å². The number of pyridine rings is 1. The Morgan fingerprint density at radius 2 is 2.40 bits per heavy atom. The van der Waals surface area contributed by atoms with Crippen LogP contribution >= 0.6 is 11.6 Å². The number of alkyl halides is 1. The molecule has 1 rings (SSSR count). The number of nitrogens with zero attached hydrogens (tertiary/aromatic N) is 2. The number of hydrogen-bond donors (Lipinski definition) is 1. The highest BCUT2D eigenvalue weighted by Crippen LogP contribution is 2.05. The summed E-state index contributed by atoms with van der Waals surface area (Å²) >= 11 is 5.46. The lowest BCUT2D eigenvalue weighted by atomic mass is 10.3. The number of hydrogen-bond acceptors (Lipinski definition) is 3. The van der Waals surface area contributed by atoms with Gasteiger partial charge in [0, 0.05) is 18.5 Å². The maximum Gasteiger partial charge on any atom is 0.225 e. The van der Waals surface area contributed by atoms with Crippen LogP contribution in [0.3, 0.4) is 0 Å². The molecule has 0 radical (unpaired) electrons. The molecule has 0 aliphatic heterocycles. The molecule has 1 heterocycles. The average Bonchev–Trinajstić information content (AvgIpc) is 2.27. The first-order chi connectivity index (χ1) is 7.26. The number of rotatable bonds is 4. The van der Waals surface area contributed by atoms with Gasteiger partial charge in [-0.3, -0.25) is 4.79 Å². The van der Waals surface area contributed by atoms with Crippen LogP contribution in [0.2, 0.25) is 0 Å². The van der Waals surface area contributed by atoms with Gasteiger partial charge in [0.1, 0.15) is 11.9 Å². The molecule has 0 spiro atoms. The molecule has 0 bridgehead atoms. The SMILES string of the molecule is N#Cc1ccc(NC(=O)CCCCl)nc1. The van der Waals surface area contributed by atoms with Gasteiger partial charge in [-0.05, 0) is 18.6 Å². The highest BCUT2D eigenvalue weighted by molar-refractivity contribution is 6.18. The van der Waals surface area contributed by atoms with Crippen molar-refractivity contribution in [3.05, 3.63) is 23.9 Å². The third-order valence-corrected chi connectivity index (χ3v) is 1.96. The largest absolute Gasteiger partial charge is 0.311 e. The molecule has 1 amide bonds. The van der Waals surface area contributed by atoms with Gasteiger partial charge in [-0.2, -0.15) is 5.26 Å². The molecule has 5 heteroatoms. The molecule has 0 aliphatic rings. The molecule has 0 saturated carbocycles. The molecule has 0 aliphatic carbocycles. The molecule has 1 N–H and O–H groups in total. The average molecular weight is 224 g/mol. The summed E-state index contributed by atoms with van der Waals surface area (Å²) in [5.41, 5.74) is 0.466. The van der Waals surface area contributed by atoms with Crippen LogP contribution in [0.4, 0.5) is 5.82 Å². The maximum absolute atomic E-state index is 11.3. The molecule has 1 aromatic heterocycles. The van der Waals surface area contributed by atoms with Gasteiger partial charge in [-0.15, -0.1) is 11.6 Å². The minimum Gasteiger partial charge on any atom is -0.311 e. The minimum atomic E-state index is -0.118. The fourth-order valence-corrected chi connectivity index (χ4v) is 1.10. The van der Waals surface area contributed by atoms with Crippen LogP contribution in [0.5, 0.6) is 0 Å². The van der Waals surface area contributed by atoms with E-state index in [0.29, 0.717) is 30.1 Å². The van der Waals surface area contributed by atoms with Crippen LogP contribution in [-0.4, -0.2) is 16.8 Å². The molecule has 0 fully saturated rings. The fraction of sp³-hybridized carbons (Fsp3) is 0.300. The lowest BCUT2D eigenvalue weighted by Gasteiger charge is -2.02. The van der Waals surface area contributed by atoms with Crippen molar-refractivity contribution in [2.45, 2.75) is 12.8 Å². The monoisotopic (exact) mass is 223 g/mol. The van der Waals surface area contributed by atoms with Crippen molar-refractivity contribution in [1.29, 1.82) is 5.26 Å². The second-order valence-electron chi connectivity index (χ2n) is 2.88.